The maximum absolute atomic E-state index is 14.8. The van der Waals surface area contributed by atoms with E-state index < -0.39 is 12.0 Å². The van der Waals surface area contributed by atoms with Crippen molar-refractivity contribution in [2.75, 3.05) is 43.4 Å². The predicted molar refractivity (Wildman–Crippen MR) is 170 cm³/mol. The third-order valence-electron chi connectivity index (χ3n) is 10.7. The molecule has 2 bridgehead atoms. The lowest BCUT2D eigenvalue weighted by atomic mass is 9.95. The zero-order chi connectivity index (χ0) is 30.4. The number of piperazine rings is 1. The number of nitrogens with two attached hydrogens (primary N) is 1. The molecule has 0 amide bonds. The summed E-state index contributed by atoms with van der Waals surface area (Å²) in [5.41, 5.74) is 7.72. The first-order valence-corrected chi connectivity index (χ1v) is 17.0. The summed E-state index contributed by atoms with van der Waals surface area (Å²) in [7, 11) is 0. The van der Waals surface area contributed by atoms with Gasteiger partial charge >= 0.3 is 6.01 Å². The van der Waals surface area contributed by atoms with E-state index in [1.54, 1.807) is 6.07 Å². The monoisotopic (exact) mass is 634 g/mol. The molecule has 4 aliphatic heterocycles. The van der Waals surface area contributed by atoms with Crippen molar-refractivity contribution in [3.63, 3.8) is 0 Å². The van der Waals surface area contributed by atoms with Crippen molar-refractivity contribution in [2.24, 2.45) is 5.92 Å². The number of nitrogen functional groups attached to an aromatic ring is 1. The summed E-state index contributed by atoms with van der Waals surface area (Å²) in [5.74, 6) is 0.622. The molecule has 236 valence electrons. The van der Waals surface area contributed by atoms with Gasteiger partial charge in [0.05, 0.1) is 27.0 Å². The fourth-order valence-corrected chi connectivity index (χ4v) is 9.16. The second-order valence-corrected chi connectivity index (χ2v) is 14.6. The van der Waals surface area contributed by atoms with Crippen LogP contribution in [0.25, 0.3) is 32.4 Å². The minimum atomic E-state index is -0.863. The smallest absolute Gasteiger partial charge is 0.319 e. The highest BCUT2D eigenvalue weighted by Gasteiger charge is 2.49. The van der Waals surface area contributed by atoms with Crippen LogP contribution >= 0.6 is 11.3 Å². The lowest BCUT2D eigenvalue weighted by Crippen LogP contribution is -2.52. The third-order valence-corrected chi connectivity index (χ3v) is 11.6. The number of aromatic nitrogens is 4. The first kappa shape index (κ1) is 27.9. The van der Waals surface area contributed by atoms with Crippen LogP contribution in [-0.2, 0) is 6.54 Å². The van der Waals surface area contributed by atoms with Crippen LogP contribution in [0.3, 0.4) is 0 Å². The van der Waals surface area contributed by atoms with Gasteiger partial charge in [-0.2, -0.15) is 9.97 Å². The zero-order valence-electron chi connectivity index (χ0n) is 25.0. The third kappa shape index (κ3) is 4.52. The van der Waals surface area contributed by atoms with Crippen molar-refractivity contribution in [3.8, 4) is 17.3 Å². The number of nitrogens with zero attached hydrogens (tertiary/aromatic N) is 6. The van der Waals surface area contributed by atoms with Crippen molar-refractivity contribution in [3.05, 3.63) is 34.4 Å². The van der Waals surface area contributed by atoms with Gasteiger partial charge in [-0.1, -0.05) is 11.3 Å². The van der Waals surface area contributed by atoms with E-state index in [1.807, 2.05) is 10.6 Å². The first-order chi connectivity index (χ1) is 21.9. The highest BCUT2D eigenvalue weighted by Crippen LogP contribution is 2.42. The Labute approximate surface area is 262 Å². The Hall–Kier alpha value is -3.42. The Morgan fingerprint density at radius 1 is 1.13 bits per heavy atom. The molecule has 5 aliphatic rings. The van der Waals surface area contributed by atoms with Gasteiger partial charge in [0.15, 0.2) is 5.13 Å². The lowest BCUT2D eigenvalue weighted by molar-refractivity contribution is 0.107. The van der Waals surface area contributed by atoms with Crippen LogP contribution in [0.5, 0.6) is 6.01 Å². The van der Waals surface area contributed by atoms with Gasteiger partial charge < -0.3 is 25.3 Å². The largest absolute Gasteiger partial charge is 0.461 e. The van der Waals surface area contributed by atoms with E-state index in [1.165, 1.54) is 6.07 Å². The molecule has 9 rings (SSSR count). The van der Waals surface area contributed by atoms with Crippen molar-refractivity contribution in [2.45, 2.75) is 75.3 Å². The van der Waals surface area contributed by atoms with Crippen LogP contribution in [0, 0.1) is 11.7 Å². The van der Waals surface area contributed by atoms with Crippen LogP contribution in [0.1, 0.15) is 44.9 Å². The number of benzene rings is 1. The fraction of sp³-hybridized carbons (Fsp3) is 0.562. The number of nitrogens with one attached hydrogen (secondary N) is 1. The number of halogens is 2. The van der Waals surface area contributed by atoms with E-state index in [-0.39, 0.29) is 34.3 Å². The quantitative estimate of drug-likeness (QED) is 0.310. The van der Waals surface area contributed by atoms with E-state index in [2.05, 4.69) is 20.1 Å². The van der Waals surface area contributed by atoms with Crippen LogP contribution < -0.4 is 26.2 Å². The van der Waals surface area contributed by atoms with Crippen molar-refractivity contribution >= 4 is 43.4 Å². The molecule has 0 spiro atoms. The highest BCUT2D eigenvalue weighted by atomic mass is 32.1. The SMILES string of the molecule is Nc1nc2c(-c3cc4nc(OC[C@@]56CCCN5C[C@H](F)C6)nc(N5C6CCC5CNC6)c4c(=O)n3CC3CC3)ccc(F)c2s1. The number of anilines is 2. The zero-order valence-corrected chi connectivity index (χ0v) is 25.8. The lowest BCUT2D eigenvalue weighted by Gasteiger charge is -2.37. The number of hydrogen-bond donors (Lipinski definition) is 2. The molecule has 1 saturated carbocycles. The standard InChI is InChI=1S/C32H36F2N8O2S/c33-18-11-32(8-1-9-40(32)15-18)16-44-31-37-23-10-24(21-6-7-22(34)27-26(21)38-30(35)45-27)41(14-17-2-3-17)29(43)25(23)28(39-31)42-19-4-5-20(42)13-36-12-19/h6-7,10,17-20,36H,1-5,8-9,11-16H2,(H2,35,38)/t18-,19?,20?,32+/m1/s1. The topological polar surface area (TPSA) is 114 Å². The molecule has 7 heterocycles. The number of alkyl halides is 1. The molecule has 4 aromatic rings. The van der Waals surface area contributed by atoms with Crippen LogP contribution in [0.15, 0.2) is 23.0 Å². The minimum absolute atomic E-state index is 0.161. The molecule has 4 saturated heterocycles. The van der Waals surface area contributed by atoms with Gasteiger partial charge in [0.2, 0.25) is 0 Å². The molecule has 10 nitrogen and oxygen atoms in total. The summed E-state index contributed by atoms with van der Waals surface area (Å²) in [6.45, 7) is 3.80. The Morgan fingerprint density at radius 3 is 2.76 bits per heavy atom. The summed E-state index contributed by atoms with van der Waals surface area (Å²) in [4.78, 5) is 33.5. The number of thiazole rings is 1. The predicted octanol–water partition coefficient (Wildman–Crippen LogP) is 4.10. The van der Waals surface area contributed by atoms with Crippen LogP contribution in [0.4, 0.5) is 19.7 Å². The molecule has 5 fully saturated rings. The van der Waals surface area contributed by atoms with Crippen molar-refractivity contribution < 1.29 is 13.5 Å². The average molecular weight is 635 g/mol. The number of rotatable bonds is 7. The van der Waals surface area contributed by atoms with Gasteiger partial charge in [0, 0.05) is 50.2 Å². The average Bonchev–Trinajstić information content (AvgIpc) is 3.37. The fourth-order valence-electron chi connectivity index (χ4n) is 8.39. The molecular weight excluding hydrogens is 598 g/mol. The van der Waals surface area contributed by atoms with Gasteiger partial charge in [-0.3, -0.25) is 9.69 Å². The first-order valence-electron chi connectivity index (χ1n) is 16.2. The molecule has 1 aromatic carbocycles. The Morgan fingerprint density at radius 2 is 1.96 bits per heavy atom. The van der Waals surface area contributed by atoms with E-state index >= 15 is 0 Å². The molecule has 0 radical (unpaired) electrons. The number of fused-ring (bicyclic) bond motifs is 5. The molecule has 3 N–H and O–H groups in total. The number of pyridine rings is 1. The van der Waals surface area contributed by atoms with Crippen LogP contribution in [0.2, 0.25) is 0 Å². The molecule has 2 unspecified atom stereocenters. The van der Waals surface area contributed by atoms with E-state index in [0.29, 0.717) is 70.2 Å². The van der Waals surface area contributed by atoms with Gasteiger partial charge in [-0.05, 0) is 69.2 Å². The second-order valence-electron chi connectivity index (χ2n) is 13.6. The van der Waals surface area contributed by atoms with Crippen molar-refractivity contribution in [1.29, 1.82) is 0 Å². The summed E-state index contributed by atoms with van der Waals surface area (Å²) >= 11 is 1.10. The minimum Gasteiger partial charge on any atom is -0.461 e. The van der Waals surface area contributed by atoms with E-state index in [0.717, 1.165) is 69.5 Å². The van der Waals surface area contributed by atoms with Crippen LogP contribution in [-0.4, -0.2) is 81.0 Å². The Bertz CT molecular complexity index is 1880. The number of ether oxygens (including phenoxy) is 1. The molecule has 1 aliphatic carbocycles. The second kappa shape index (κ2) is 10.3. The summed E-state index contributed by atoms with van der Waals surface area (Å²) in [5, 5.41) is 4.27. The summed E-state index contributed by atoms with van der Waals surface area (Å²) in [6, 6.07) is 5.63. The highest BCUT2D eigenvalue weighted by molar-refractivity contribution is 7.22. The molecule has 4 atom stereocenters. The van der Waals surface area contributed by atoms with E-state index in [4.69, 9.17) is 20.4 Å². The van der Waals surface area contributed by atoms with Gasteiger partial charge in [-0.15, -0.1) is 0 Å². The molecular formula is C32H36F2N8O2S. The molecule has 45 heavy (non-hydrogen) atoms. The van der Waals surface area contributed by atoms with Gasteiger partial charge in [0.25, 0.3) is 5.56 Å². The maximum Gasteiger partial charge on any atom is 0.319 e. The Balaban J connectivity index is 1.23. The van der Waals surface area contributed by atoms with Gasteiger partial charge in [0.1, 0.15) is 29.8 Å². The Kier molecular flexibility index (Phi) is 6.37. The molecule has 3 aromatic heterocycles. The van der Waals surface area contributed by atoms with Crippen molar-refractivity contribution in [1.82, 2.24) is 29.7 Å². The molecule has 13 heteroatoms. The summed E-state index contributed by atoms with van der Waals surface area (Å²) < 4.78 is 37.9. The summed E-state index contributed by atoms with van der Waals surface area (Å²) in [6.07, 6.45) is 5.63. The van der Waals surface area contributed by atoms with Gasteiger partial charge in [-0.25, -0.2) is 13.8 Å². The normalized spacial score (nSPS) is 28.0. The number of hydrogen-bond acceptors (Lipinski definition) is 10. The maximum atomic E-state index is 14.8. The van der Waals surface area contributed by atoms with E-state index in [9.17, 15) is 13.6 Å².